The number of carbonyl (C=O) groups excluding carboxylic acids is 2. The lowest BCUT2D eigenvalue weighted by Gasteiger charge is -2.35. The van der Waals surface area contributed by atoms with Gasteiger partial charge in [0.15, 0.2) is 0 Å². The zero-order valence-corrected chi connectivity index (χ0v) is 12.9. The molecule has 1 saturated carbocycles. The molecule has 20 heavy (non-hydrogen) atoms. The Balaban J connectivity index is 1.83. The maximum Gasteiger partial charge on any atom is 0.239 e. The van der Waals surface area contributed by atoms with Crippen LogP contribution >= 0.6 is 0 Å². The van der Waals surface area contributed by atoms with Crippen LogP contribution in [0.25, 0.3) is 0 Å². The summed E-state index contributed by atoms with van der Waals surface area (Å²) in [6.45, 7) is 4.09. The molecule has 0 aromatic carbocycles. The van der Waals surface area contributed by atoms with E-state index in [-0.39, 0.29) is 23.8 Å². The van der Waals surface area contributed by atoms with Crippen molar-refractivity contribution in [3.8, 4) is 0 Å². The van der Waals surface area contributed by atoms with Crippen LogP contribution in [-0.4, -0.2) is 61.4 Å². The monoisotopic (exact) mass is 281 g/mol. The van der Waals surface area contributed by atoms with Gasteiger partial charge in [0.2, 0.25) is 11.8 Å². The maximum absolute atomic E-state index is 12.3. The third-order valence-corrected chi connectivity index (χ3v) is 4.50. The van der Waals surface area contributed by atoms with E-state index in [1.54, 1.807) is 0 Å². The fourth-order valence-electron chi connectivity index (χ4n) is 2.59. The topological polar surface area (TPSA) is 52.7 Å². The molecule has 1 aliphatic carbocycles. The van der Waals surface area contributed by atoms with Crippen molar-refractivity contribution in [2.24, 2.45) is 11.8 Å². The molecular formula is C15H27N3O2. The molecule has 1 saturated heterocycles. The van der Waals surface area contributed by atoms with Gasteiger partial charge in [0.1, 0.15) is 0 Å². The third kappa shape index (κ3) is 3.95. The number of nitrogens with zero attached hydrogens (tertiary/aromatic N) is 2. The molecule has 1 N–H and O–H groups in total. The van der Waals surface area contributed by atoms with Gasteiger partial charge < -0.3 is 10.2 Å². The van der Waals surface area contributed by atoms with Crippen molar-refractivity contribution in [1.29, 1.82) is 0 Å². The van der Waals surface area contributed by atoms with Crippen LogP contribution in [0.3, 0.4) is 0 Å². The Morgan fingerprint density at radius 2 is 2.00 bits per heavy atom. The third-order valence-electron chi connectivity index (χ3n) is 4.50. The molecule has 1 heterocycles. The normalized spacial score (nSPS) is 24.6. The summed E-state index contributed by atoms with van der Waals surface area (Å²) in [5.74, 6) is 0.941. The second-order valence-corrected chi connectivity index (χ2v) is 6.45. The molecule has 0 aromatic rings. The quantitative estimate of drug-likeness (QED) is 0.807. The number of likely N-dealkylation sites (tertiary alicyclic amines) is 1. The molecule has 2 amide bonds. The van der Waals surface area contributed by atoms with Gasteiger partial charge >= 0.3 is 0 Å². The largest absolute Gasteiger partial charge is 0.356 e. The van der Waals surface area contributed by atoms with Crippen molar-refractivity contribution >= 4 is 11.8 Å². The lowest BCUT2D eigenvalue weighted by Crippen LogP contribution is -2.50. The van der Waals surface area contributed by atoms with Gasteiger partial charge in [0, 0.05) is 19.6 Å². The minimum atomic E-state index is -0.122. The minimum absolute atomic E-state index is 0.0270. The van der Waals surface area contributed by atoms with Crippen molar-refractivity contribution in [2.45, 2.75) is 38.6 Å². The smallest absolute Gasteiger partial charge is 0.239 e. The van der Waals surface area contributed by atoms with Gasteiger partial charge in [-0.25, -0.2) is 0 Å². The van der Waals surface area contributed by atoms with Crippen molar-refractivity contribution < 1.29 is 9.59 Å². The van der Waals surface area contributed by atoms with Crippen molar-refractivity contribution in [2.75, 3.05) is 33.7 Å². The van der Waals surface area contributed by atoms with Crippen molar-refractivity contribution in [3.63, 3.8) is 0 Å². The SMILES string of the molecule is C[C@H](C(=O)N1CCCC(C(=O)NCC2CC2)C1)N(C)C. The van der Waals surface area contributed by atoms with Crippen LogP contribution in [0.5, 0.6) is 0 Å². The van der Waals surface area contributed by atoms with Gasteiger partial charge in [-0.1, -0.05) is 0 Å². The first-order valence-corrected chi connectivity index (χ1v) is 7.72. The lowest BCUT2D eigenvalue weighted by atomic mass is 9.96. The molecule has 0 radical (unpaired) electrons. The Morgan fingerprint density at radius 3 is 2.60 bits per heavy atom. The van der Waals surface area contributed by atoms with Crippen molar-refractivity contribution in [1.82, 2.24) is 15.1 Å². The number of hydrogen-bond donors (Lipinski definition) is 1. The second kappa shape index (κ2) is 6.57. The van der Waals surface area contributed by atoms with E-state index >= 15 is 0 Å². The molecular weight excluding hydrogens is 254 g/mol. The highest BCUT2D eigenvalue weighted by Crippen LogP contribution is 2.28. The molecule has 2 fully saturated rings. The Bertz CT molecular complexity index is 366. The molecule has 1 aliphatic heterocycles. The Kier molecular flexibility index (Phi) is 5.02. The number of carbonyl (C=O) groups is 2. The molecule has 114 valence electrons. The van der Waals surface area contributed by atoms with E-state index in [1.807, 2.05) is 30.8 Å². The first kappa shape index (κ1) is 15.3. The van der Waals surface area contributed by atoms with Crippen LogP contribution < -0.4 is 5.32 Å². The molecule has 1 unspecified atom stereocenters. The highest BCUT2D eigenvalue weighted by Gasteiger charge is 2.31. The molecule has 2 rings (SSSR count). The zero-order valence-electron chi connectivity index (χ0n) is 12.9. The summed E-state index contributed by atoms with van der Waals surface area (Å²) < 4.78 is 0. The van der Waals surface area contributed by atoms with Gasteiger partial charge in [-0.15, -0.1) is 0 Å². The van der Waals surface area contributed by atoms with Crippen LogP contribution in [0.15, 0.2) is 0 Å². The molecule has 2 atom stereocenters. The first-order valence-electron chi connectivity index (χ1n) is 7.72. The molecule has 0 aromatic heterocycles. The second-order valence-electron chi connectivity index (χ2n) is 6.45. The number of rotatable bonds is 5. The van der Waals surface area contributed by atoms with Crippen LogP contribution in [-0.2, 0) is 9.59 Å². The summed E-state index contributed by atoms with van der Waals surface area (Å²) >= 11 is 0. The summed E-state index contributed by atoms with van der Waals surface area (Å²) in [5.41, 5.74) is 0. The summed E-state index contributed by atoms with van der Waals surface area (Å²) in [5, 5.41) is 3.04. The van der Waals surface area contributed by atoms with E-state index in [2.05, 4.69) is 5.32 Å². The minimum Gasteiger partial charge on any atom is -0.356 e. The summed E-state index contributed by atoms with van der Waals surface area (Å²) in [7, 11) is 3.82. The number of amides is 2. The average molecular weight is 281 g/mol. The Morgan fingerprint density at radius 1 is 1.30 bits per heavy atom. The van der Waals surface area contributed by atoms with E-state index in [4.69, 9.17) is 0 Å². The zero-order chi connectivity index (χ0) is 14.7. The molecule has 5 nitrogen and oxygen atoms in total. The predicted octanol–water partition coefficient (Wildman–Crippen LogP) is 0.701. The van der Waals surface area contributed by atoms with Gasteiger partial charge in [0.25, 0.3) is 0 Å². The predicted molar refractivity (Wildman–Crippen MR) is 78.2 cm³/mol. The number of nitrogens with one attached hydrogen (secondary N) is 1. The highest BCUT2D eigenvalue weighted by molar-refractivity contribution is 5.83. The van der Waals surface area contributed by atoms with Crippen LogP contribution in [0.1, 0.15) is 32.6 Å². The fraction of sp³-hybridized carbons (Fsp3) is 0.867. The summed E-state index contributed by atoms with van der Waals surface area (Å²) in [6, 6.07) is -0.122. The van der Waals surface area contributed by atoms with Gasteiger partial charge in [-0.3, -0.25) is 14.5 Å². The number of likely N-dealkylation sites (N-methyl/N-ethyl adjacent to an activating group) is 1. The summed E-state index contributed by atoms with van der Waals surface area (Å²) in [4.78, 5) is 28.3. The van der Waals surface area contributed by atoms with E-state index in [0.717, 1.165) is 25.9 Å². The van der Waals surface area contributed by atoms with E-state index in [9.17, 15) is 9.59 Å². The van der Waals surface area contributed by atoms with E-state index in [1.165, 1.54) is 12.8 Å². The average Bonchev–Trinajstić information content (AvgIpc) is 3.27. The molecule has 0 bridgehead atoms. The molecule has 2 aliphatic rings. The molecule has 0 spiro atoms. The Hall–Kier alpha value is -1.10. The molecule has 5 heteroatoms. The first-order chi connectivity index (χ1) is 9.49. The fourth-order valence-corrected chi connectivity index (χ4v) is 2.59. The van der Waals surface area contributed by atoms with Crippen LogP contribution in [0.2, 0.25) is 0 Å². The number of piperidine rings is 1. The van der Waals surface area contributed by atoms with Crippen LogP contribution in [0, 0.1) is 11.8 Å². The maximum atomic E-state index is 12.3. The Labute approximate surface area is 121 Å². The van der Waals surface area contributed by atoms with E-state index < -0.39 is 0 Å². The van der Waals surface area contributed by atoms with E-state index in [0.29, 0.717) is 12.5 Å². The highest BCUT2D eigenvalue weighted by atomic mass is 16.2. The number of hydrogen-bond acceptors (Lipinski definition) is 3. The summed E-state index contributed by atoms with van der Waals surface area (Å²) in [6.07, 6.45) is 4.32. The van der Waals surface area contributed by atoms with Crippen molar-refractivity contribution in [3.05, 3.63) is 0 Å². The van der Waals surface area contributed by atoms with Crippen LogP contribution in [0.4, 0.5) is 0 Å². The standard InChI is InChI=1S/C15H27N3O2/c1-11(17(2)3)15(20)18-8-4-5-13(10-18)14(19)16-9-12-6-7-12/h11-13H,4-10H2,1-3H3,(H,16,19)/t11-,13?/m1/s1. The van der Waals surface area contributed by atoms with Gasteiger partial charge in [-0.2, -0.15) is 0 Å². The lowest BCUT2D eigenvalue weighted by molar-refractivity contribution is -0.139. The van der Waals surface area contributed by atoms with Gasteiger partial charge in [0.05, 0.1) is 12.0 Å². The van der Waals surface area contributed by atoms with Gasteiger partial charge in [-0.05, 0) is 52.6 Å².